The molecule has 1 aromatic rings. The van der Waals surface area contributed by atoms with E-state index in [4.69, 9.17) is 0 Å². The van der Waals surface area contributed by atoms with E-state index in [1.807, 2.05) is 0 Å². The first-order chi connectivity index (χ1) is 6.75. The lowest BCUT2D eigenvalue weighted by atomic mass is 10.1. The molecule has 0 saturated carbocycles. The number of Topliss-reactive ketones (excluding diaryl/α,β-unsaturated/α-hetero) is 1. The molecule has 0 N–H and O–H groups in total. The normalized spacial score (nSPS) is 12.9. The van der Waals surface area contributed by atoms with Gasteiger partial charge in [-0.15, -0.1) is 11.3 Å². The average molecular weight is 245 g/mol. The third-order valence-corrected chi connectivity index (χ3v) is 2.30. The molecule has 1 heterocycles. The maximum atomic E-state index is 12.4. The topological polar surface area (TPSA) is 30.0 Å². The number of ketones is 1. The van der Waals surface area contributed by atoms with E-state index in [2.05, 4.69) is 4.98 Å². The van der Waals surface area contributed by atoms with Crippen molar-refractivity contribution in [2.24, 2.45) is 0 Å². The van der Waals surface area contributed by atoms with E-state index in [-0.39, 0.29) is 4.88 Å². The van der Waals surface area contributed by atoms with Gasteiger partial charge in [0.05, 0.1) is 5.51 Å². The second-order valence-corrected chi connectivity index (χ2v) is 3.61. The molecule has 0 bridgehead atoms. The summed E-state index contributed by atoms with van der Waals surface area (Å²) >= 11 is 0.845. The van der Waals surface area contributed by atoms with Gasteiger partial charge in [-0.1, -0.05) is 0 Å². The number of aromatic nitrogens is 1. The molecule has 0 amide bonds. The summed E-state index contributed by atoms with van der Waals surface area (Å²) in [4.78, 5) is 14.2. The van der Waals surface area contributed by atoms with E-state index in [1.165, 1.54) is 5.51 Å². The minimum Gasteiger partial charge on any atom is -0.292 e. The van der Waals surface area contributed by atoms with Crippen molar-refractivity contribution in [2.75, 3.05) is 0 Å². The van der Waals surface area contributed by atoms with Crippen LogP contribution in [0.5, 0.6) is 0 Å². The smallest absolute Gasteiger partial charge is 0.292 e. The lowest BCUT2D eigenvalue weighted by molar-refractivity contribution is -0.268. The molecule has 15 heavy (non-hydrogen) atoms. The summed E-state index contributed by atoms with van der Waals surface area (Å²) in [6.07, 6.45) is -5.72. The minimum absolute atomic E-state index is 0.0731. The zero-order valence-corrected chi connectivity index (χ0v) is 7.83. The molecular formula is C7H4F5NOS. The van der Waals surface area contributed by atoms with Crippen LogP contribution in [0.2, 0.25) is 0 Å². The third-order valence-electron chi connectivity index (χ3n) is 1.52. The number of hydrogen-bond donors (Lipinski definition) is 0. The van der Waals surface area contributed by atoms with E-state index in [1.54, 1.807) is 0 Å². The predicted octanol–water partition coefficient (Wildman–Crippen LogP) is 2.45. The van der Waals surface area contributed by atoms with Crippen LogP contribution in [0.1, 0.15) is 4.88 Å². The summed E-state index contributed by atoms with van der Waals surface area (Å²) in [5.41, 5.74) is 1.24. The van der Waals surface area contributed by atoms with Crippen LogP contribution >= 0.6 is 11.3 Å². The Bertz CT molecular complexity index is 345. The molecule has 0 aliphatic rings. The molecule has 0 aliphatic heterocycles. The summed E-state index contributed by atoms with van der Waals surface area (Å²) in [6.45, 7) is 0. The van der Waals surface area contributed by atoms with Crippen molar-refractivity contribution < 1.29 is 26.7 Å². The predicted molar refractivity (Wildman–Crippen MR) is 41.8 cm³/mol. The van der Waals surface area contributed by atoms with Crippen molar-refractivity contribution in [3.05, 3.63) is 16.6 Å². The first-order valence-electron chi connectivity index (χ1n) is 3.60. The molecule has 0 spiro atoms. The summed E-state index contributed by atoms with van der Waals surface area (Å²) in [7, 11) is 0. The number of carbonyl (C=O) groups excluding carboxylic acids is 1. The van der Waals surface area contributed by atoms with E-state index in [9.17, 15) is 26.7 Å². The van der Waals surface area contributed by atoms with Crippen molar-refractivity contribution >= 4 is 17.1 Å². The zero-order valence-electron chi connectivity index (χ0n) is 7.02. The van der Waals surface area contributed by atoms with Gasteiger partial charge < -0.3 is 0 Å². The number of nitrogens with zero attached hydrogens (tertiary/aromatic N) is 1. The van der Waals surface area contributed by atoms with Crippen LogP contribution in [0, 0.1) is 0 Å². The Hall–Kier alpha value is -1.05. The Morgan fingerprint density at radius 3 is 2.33 bits per heavy atom. The Labute approximate surface area is 84.7 Å². The molecule has 8 heteroatoms. The Morgan fingerprint density at radius 1 is 1.33 bits per heavy atom. The molecule has 1 rings (SSSR count). The fourth-order valence-electron chi connectivity index (χ4n) is 0.757. The second-order valence-electron chi connectivity index (χ2n) is 2.64. The molecule has 0 radical (unpaired) electrons. The third kappa shape index (κ3) is 2.49. The number of halogens is 5. The van der Waals surface area contributed by atoms with Crippen LogP contribution in [0.4, 0.5) is 22.0 Å². The highest BCUT2D eigenvalue weighted by molar-refractivity contribution is 7.09. The van der Waals surface area contributed by atoms with Crippen LogP contribution in [-0.4, -0.2) is 22.9 Å². The number of hydrogen-bond acceptors (Lipinski definition) is 3. The van der Waals surface area contributed by atoms with Crippen molar-refractivity contribution in [1.82, 2.24) is 4.98 Å². The van der Waals surface area contributed by atoms with E-state index in [0.29, 0.717) is 0 Å². The Balaban J connectivity index is 2.77. The van der Waals surface area contributed by atoms with Crippen molar-refractivity contribution in [3.8, 4) is 0 Å². The van der Waals surface area contributed by atoms with Gasteiger partial charge in [-0.3, -0.25) is 9.78 Å². The van der Waals surface area contributed by atoms with E-state index in [0.717, 1.165) is 17.5 Å². The van der Waals surface area contributed by atoms with Crippen molar-refractivity contribution in [1.29, 1.82) is 0 Å². The van der Waals surface area contributed by atoms with E-state index < -0.39 is 24.3 Å². The first-order valence-corrected chi connectivity index (χ1v) is 4.48. The highest BCUT2D eigenvalue weighted by Crippen LogP contribution is 2.36. The van der Waals surface area contributed by atoms with Gasteiger partial charge in [-0.05, 0) is 0 Å². The van der Waals surface area contributed by atoms with Gasteiger partial charge in [-0.25, -0.2) is 0 Å². The van der Waals surface area contributed by atoms with Crippen molar-refractivity contribution in [2.45, 2.75) is 18.5 Å². The van der Waals surface area contributed by atoms with Gasteiger partial charge in [0.2, 0.25) is 5.78 Å². The molecule has 0 fully saturated rings. The van der Waals surface area contributed by atoms with Gasteiger partial charge in [0.25, 0.3) is 0 Å². The SMILES string of the molecule is O=C(Cc1cncs1)C(F)(F)C(F)(F)F. The zero-order chi connectivity index (χ0) is 11.7. The first kappa shape index (κ1) is 12.0. The molecule has 0 saturated heterocycles. The molecule has 0 aromatic carbocycles. The molecular weight excluding hydrogens is 241 g/mol. The van der Waals surface area contributed by atoms with Gasteiger partial charge in [0.15, 0.2) is 0 Å². The van der Waals surface area contributed by atoms with Crippen LogP contribution < -0.4 is 0 Å². The fraction of sp³-hybridized carbons (Fsp3) is 0.429. The van der Waals surface area contributed by atoms with Crippen LogP contribution in [0.15, 0.2) is 11.7 Å². The highest BCUT2D eigenvalue weighted by Gasteiger charge is 2.62. The monoisotopic (exact) mass is 245 g/mol. The summed E-state index contributed by atoms with van der Waals surface area (Å²) in [5.74, 6) is -7.46. The highest BCUT2D eigenvalue weighted by atomic mass is 32.1. The lowest BCUT2D eigenvalue weighted by Gasteiger charge is -2.17. The molecule has 84 valence electrons. The quantitative estimate of drug-likeness (QED) is 0.765. The van der Waals surface area contributed by atoms with E-state index >= 15 is 0 Å². The van der Waals surface area contributed by atoms with Gasteiger partial charge in [-0.2, -0.15) is 22.0 Å². The van der Waals surface area contributed by atoms with Crippen LogP contribution in [0.25, 0.3) is 0 Å². The second kappa shape index (κ2) is 3.84. The average Bonchev–Trinajstić information content (AvgIpc) is 2.54. The van der Waals surface area contributed by atoms with Gasteiger partial charge in [0.1, 0.15) is 0 Å². The molecule has 0 unspecified atom stereocenters. The summed E-state index contributed by atoms with van der Waals surface area (Å²) < 4.78 is 60.0. The van der Waals surface area contributed by atoms with Crippen LogP contribution in [-0.2, 0) is 11.2 Å². The molecule has 1 aromatic heterocycles. The summed E-state index contributed by atoms with van der Waals surface area (Å²) in [5, 5.41) is 0. The number of rotatable bonds is 3. The summed E-state index contributed by atoms with van der Waals surface area (Å²) in [6, 6.07) is 0. The molecule has 0 aliphatic carbocycles. The minimum atomic E-state index is -5.84. The Kier molecular flexibility index (Phi) is 3.08. The van der Waals surface area contributed by atoms with Crippen molar-refractivity contribution in [3.63, 3.8) is 0 Å². The standard InChI is InChI=1S/C7H4F5NOS/c8-6(9,7(10,11)12)5(14)1-4-2-13-3-15-4/h2-3H,1H2. The molecule has 0 atom stereocenters. The number of alkyl halides is 5. The maximum Gasteiger partial charge on any atom is 0.461 e. The Morgan fingerprint density at radius 2 is 1.93 bits per heavy atom. The number of carbonyl (C=O) groups is 1. The lowest BCUT2D eigenvalue weighted by Crippen LogP contribution is -2.44. The van der Waals surface area contributed by atoms with Crippen LogP contribution in [0.3, 0.4) is 0 Å². The maximum absolute atomic E-state index is 12.4. The van der Waals surface area contributed by atoms with Gasteiger partial charge >= 0.3 is 12.1 Å². The largest absolute Gasteiger partial charge is 0.461 e. The fourth-order valence-corrected chi connectivity index (χ4v) is 1.35. The van der Waals surface area contributed by atoms with Gasteiger partial charge in [0, 0.05) is 17.5 Å². The number of thiazole rings is 1. The molecule has 2 nitrogen and oxygen atoms in total.